The van der Waals surface area contributed by atoms with E-state index in [0.29, 0.717) is 18.7 Å². The molecular weight excluding hydrogens is 262 g/mol. The van der Waals surface area contributed by atoms with Gasteiger partial charge < -0.3 is 4.74 Å². The van der Waals surface area contributed by atoms with E-state index in [0.717, 1.165) is 11.5 Å². The van der Waals surface area contributed by atoms with E-state index in [-0.39, 0.29) is 17.1 Å². The highest BCUT2D eigenvalue weighted by molar-refractivity contribution is 8.00. The molecule has 1 atom stereocenters. The minimum absolute atomic E-state index is 0.110. The summed E-state index contributed by atoms with van der Waals surface area (Å²) < 4.78 is 5.34. The summed E-state index contributed by atoms with van der Waals surface area (Å²) in [6.45, 7) is 4.49. The molecule has 1 aliphatic heterocycles. The quantitative estimate of drug-likeness (QED) is 0.777. The lowest BCUT2D eigenvalue weighted by molar-refractivity contribution is -0.121. The Morgan fingerprint density at radius 3 is 2.53 bits per heavy atom. The molecule has 1 aromatic carbocycles. The molecule has 0 bridgehead atoms. The molecule has 0 radical (unpaired) electrons. The number of anilines is 1. The molecule has 19 heavy (non-hydrogen) atoms. The van der Waals surface area contributed by atoms with Gasteiger partial charge >= 0.3 is 0 Å². The molecule has 2 amide bonds. The van der Waals surface area contributed by atoms with E-state index in [2.05, 4.69) is 0 Å². The van der Waals surface area contributed by atoms with Gasteiger partial charge in [0.25, 0.3) is 0 Å². The number of hydrogen-bond donors (Lipinski definition) is 0. The Morgan fingerprint density at radius 1 is 1.26 bits per heavy atom. The van der Waals surface area contributed by atoms with Crippen molar-refractivity contribution in [3.05, 3.63) is 24.3 Å². The average molecular weight is 279 g/mol. The summed E-state index contributed by atoms with van der Waals surface area (Å²) >= 11 is 1.52. The number of imide groups is 1. The van der Waals surface area contributed by atoms with E-state index in [1.54, 1.807) is 24.3 Å². The summed E-state index contributed by atoms with van der Waals surface area (Å²) in [4.78, 5) is 25.4. The van der Waals surface area contributed by atoms with Gasteiger partial charge in [-0.25, -0.2) is 4.90 Å². The predicted molar refractivity (Wildman–Crippen MR) is 76.6 cm³/mol. The second-order valence-corrected chi connectivity index (χ2v) is 5.62. The van der Waals surface area contributed by atoms with Crippen molar-refractivity contribution in [1.29, 1.82) is 0 Å². The topological polar surface area (TPSA) is 46.6 Å². The molecule has 1 saturated heterocycles. The summed E-state index contributed by atoms with van der Waals surface area (Å²) in [5, 5.41) is -0.232. The van der Waals surface area contributed by atoms with Crippen LogP contribution in [0, 0.1) is 0 Å². The highest BCUT2D eigenvalue weighted by Crippen LogP contribution is 2.30. The number of hydrogen-bond acceptors (Lipinski definition) is 4. The van der Waals surface area contributed by atoms with Gasteiger partial charge in [0.15, 0.2) is 0 Å². The van der Waals surface area contributed by atoms with Crippen molar-refractivity contribution in [2.75, 3.05) is 17.3 Å². The Kier molecular flexibility index (Phi) is 4.47. The first kappa shape index (κ1) is 13.9. The molecule has 102 valence electrons. The first-order chi connectivity index (χ1) is 9.17. The lowest BCUT2D eigenvalue weighted by atomic mass is 10.3. The SMILES string of the molecule is CCOc1ccc(N2C(=O)C[C@@H](SCC)C2=O)cc1. The third kappa shape index (κ3) is 2.92. The Balaban J connectivity index is 2.16. The third-order valence-corrected chi connectivity index (χ3v) is 3.98. The number of nitrogens with zero attached hydrogens (tertiary/aromatic N) is 1. The minimum atomic E-state index is -0.232. The maximum absolute atomic E-state index is 12.2. The molecule has 0 aliphatic carbocycles. The molecule has 4 nitrogen and oxygen atoms in total. The minimum Gasteiger partial charge on any atom is -0.494 e. The molecular formula is C14H17NO3S. The average Bonchev–Trinajstić information content (AvgIpc) is 2.67. The second kappa shape index (κ2) is 6.10. The third-order valence-electron chi connectivity index (χ3n) is 2.88. The van der Waals surface area contributed by atoms with Crippen LogP contribution in [0.2, 0.25) is 0 Å². The number of amides is 2. The summed E-state index contributed by atoms with van der Waals surface area (Å²) in [5.41, 5.74) is 0.623. The Bertz CT molecular complexity index is 472. The monoisotopic (exact) mass is 279 g/mol. The van der Waals surface area contributed by atoms with Crippen LogP contribution in [0.15, 0.2) is 24.3 Å². The van der Waals surface area contributed by atoms with Gasteiger partial charge in [0.1, 0.15) is 5.75 Å². The van der Waals surface area contributed by atoms with Crippen LogP contribution in [-0.4, -0.2) is 29.4 Å². The second-order valence-electron chi connectivity index (χ2n) is 4.14. The van der Waals surface area contributed by atoms with Crippen LogP contribution in [0.4, 0.5) is 5.69 Å². The van der Waals surface area contributed by atoms with E-state index in [9.17, 15) is 9.59 Å². The zero-order valence-corrected chi connectivity index (χ0v) is 11.9. The highest BCUT2D eigenvalue weighted by Gasteiger charge is 2.39. The molecule has 1 aliphatic rings. The van der Waals surface area contributed by atoms with Crippen LogP contribution < -0.4 is 9.64 Å². The van der Waals surface area contributed by atoms with Crippen molar-refractivity contribution in [1.82, 2.24) is 0 Å². The van der Waals surface area contributed by atoms with Crippen LogP contribution >= 0.6 is 11.8 Å². The summed E-state index contributed by atoms with van der Waals surface area (Å²) in [5.74, 6) is 1.34. The summed E-state index contributed by atoms with van der Waals surface area (Å²) in [6, 6.07) is 7.05. The van der Waals surface area contributed by atoms with Crippen molar-refractivity contribution in [2.45, 2.75) is 25.5 Å². The normalized spacial score (nSPS) is 19.1. The van der Waals surface area contributed by atoms with E-state index < -0.39 is 0 Å². The van der Waals surface area contributed by atoms with Gasteiger partial charge in [-0.15, -0.1) is 11.8 Å². The molecule has 1 fully saturated rings. The summed E-state index contributed by atoms with van der Waals surface area (Å²) in [6.07, 6.45) is 0.296. The lowest BCUT2D eigenvalue weighted by Gasteiger charge is -2.15. The number of carbonyl (C=O) groups is 2. The number of ether oxygens (including phenoxy) is 1. The van der Waals surface area contributed by atoms with Gasteiger partial charge in [0.05, 0.1) is 17.5 Å². The molecule has 0 unspecified atom stereocenters. The largest absolute Gasteiger partial charge is 0.494 e. The summed E-state index contributed by atoms with van der Waals surface area (Å²) in [7, 11) is 0. The van der Waals surface area contributed by atoms with Crippen molar-refractivity contribution in [3.8, 4) is 5.75 Å². The van der Waals surface area contributed by atoms with E-state index in [1.807, 2.05) is 13.8 Å². The Labute approximate surface area is 117 Å². The van der Waals surface area contributed by atoms with Crippen molar-refractivity contribution >= 4 is 29.3 Å². The zero-order chi connectivity index (χ0) is 13.8. The van der Waals surface area contributed by atoms with Crippen LogP contribution in [0.1, 0.15) is 20.3 Å². The van der Waals surface area contributed by atoms with Crippen LogP contribution in [-0.2, 0) is 9.59 Å². The molecule has 0 N–H and O–H groups in total. The van der Waals surface area contributed by atoms with Gasteiger partial charge in [-0.05, 0) is 36.9 Å². The number of benzene rings is 1. The lowest BCUT2D eigenvalue weighted by Crippen LogP contribution is -2.31. The fourth-order valence-electron chi connectivity index (χ4n) is 2.06. The maximum Gasteiger partial charge on any atom is 0.247 e. The standard InChI is InChI=1S/C14H17NO3S/c1-3-18-11-7-5-10(6-8-11)15-13(16)9-12(14(15)17)19-4-2/h5-8,12H,3-4,9H2,1-2H3/t12-/m1/s1. The molecule has 5 heteroatoms. The number of thioether (sulfide) groups is 1. The van der Waals surface area contributed by atoms with Gasteiger partial charge in [-0.1, -0.05) is 6.92 Å². The van der Waals surface area contributed by atoms with E-state index in [1.165, 1.54) is 16.7 Å². The fourth-order valence-corrected chi connectivity index (χ4v) is 2.98. The van der Waals surface area contributed by atoms with Crippen LogP contribution in [0.3, 0.4) is 0 Å². The van der Waals surface area contributed by atoms with Gasteiger partial charge in [-0.2, -0.15) is 0 Å². The molecule has 2 rings (SSSR count). The van der Waals surface area contributed by atoms with Crippen molar-refractivity contribution in [2.24, 2.45) is 0 Å². The first-order valence-electron chi connectivity index (χ1n) is 6.38. The molecule has 0 spiro atoms. The first-order valence-corrected chi connectivity index (χ1v) is 7.43. The number of rotatable bonds is 5. The van der Waals surface area contributed by atoms with Crippen LogP contribution in [0.5, 0.6) is 5.75 Å². The van der Waals surface area contributed by atoms with E-state index >= 15 is 0 Å². The van der Waals surface area contributed by atoms with Crippen molar-refractivity contribution < 1.29 is 14.3 Å². The molecule has 1 heterocycles. The smallest absolute Gasteiger partial charge is 0.247 e. The highest BCUT2D eigenvalue weighted by atomic mass is 32.2. The van der Waals surface area contributed by atoms with Gasteiger partial charge in [0.2, 0.25) is 11.8 Å². The zero-order valence-electron chi connectivity index (χ0n) is 11.1. The van der Waals surface area contributed by atoms with E-state index in [4.69, 9.17) is 4.74 Å². The van der Waals surface area contributed by atoms with Crippen LogP contribution in [0.25, 0.3) is 0 Å². The van der Waals surface area contributed by atoms with Gasteiger partial charge in [-0.3, -0.25) is 9.59 Å². The van der Waals surface area contributed by atoms with Crippen molar-refractivity contribution in [3.63, 3.8) is 0 Å². The fraction of sp³-hybridized carbons (Fsp3) is 0.429. The molecule has 0 saturated carbocycles. The Hall–Kier alpha value is -1.49. The maximum atomic E-state index is 12.2. The number of carbonyl (C=O) groups excluding carboxylic acids is 2. The Morgan fingerprint density at radius 2 is 1.95 bits per heavy atom. The van der Waals surface area contributed by atoms with Gasteiger partial charge in [0, 0.05) is 6.42 Å². The molecule has 0 aromatic heterocycles. The predicted octanol–water partition coefficient (Wildman–Crippen LogP) is 2.47. The molecule has 1 aromatic rings.